The topological polar surface area (TPSA) is 82.8 Å². The zero-order valence-electron chi connectivity index (χ0n) is 18.6. The summed E-state index contributed by atoms with van der Waals surface area (Å²) in [5.41, 5.74) is 3.86. The molecule has 1 heterocycles. The van der Waals surface area contributed by atoms with Crippen molar-refractivity contribution in [2.75, 3.05) is 19.5 Å². The molecule has 0 unspecified atom stereocenters. The van der Waals surface area contributed by atoms with E-state index in [4.69, 9.17) is 30.3 Å². The molecular formula is C24H25ClN2O5. The molecule has 0 fully saturated rings. The van der Waals surface area contributed by atoms with Crippen molar-refractivity contribution in [2.45, 2.75) is 27.4 Å². The summed E-state index contributed by atoms with van der Waals surface area (Å²) in [5.74, 6) is 2.04. The Morgan fingerprint density at radius 3 is 2.50 bits per heavy atom. The molecule has 0 atom stereocenters. The minimum absolute atomic E-state index is 0.303. The van der Waals surface area contributed by atoms with E-state index in [-0.39, 0.29) is 5.91 Å². The lowest BCUT2D eigenvalue weighted by Gasteiger charge is -2.12. The average molecular weight is 457 g/mol. The van der Waals surface area contributed by atoms with E-state index in [1.54, 1.807) is 37.5 Å². The second kappa shape index (κ2) is 10.2. The Morgan fingerprint density at radius 1 is 1.09 bits per heavy atom. The van der Waals surface area contributed by atoms with Crippen LogP contribution in [0.15, 0.2) is 40.9 Å². The fourth-order valence-electron chi connectivity index (χ4n) is 3.04. The quantitative estimate of drug-likeness (QED) is 0.450. The minimum Gasteiger partial charge on any atom is -0.495 e. The Kier molecular flexibility index (Phi) is 7.43. The maximum Gasteiger partial charge on any atom is 0.248 e. The summed E-state index contributed by atoms with van der Waals surface area (Å²) in [5, 5.41) is 7.30. The number of aryl methyl sites for hydroxylation is 3. The predicted octanol–water partition coefficient (Wildman–Crippen LogP) is 5.50. The van der Waals surface area contributed by atoms with Crippen LogP contribution in [0, 0.1) is 20.8 Å². The van der Waals surface area contributed by atoms with Gasteiger partial charge in [0.25, 0.3) is 0 Å². The molecule has 7 nitrogen and oxygen atoms in total. The van der Waals surface area contributed by atoms with E-state index >= 15 is 0 Å². The molecule has 0 aliphatic heterocycles. The number of hydrogen-bond acceptors (Lipinski definition) is 6. The van der Waals surface area contributed by atoms with Gasteiger partial charge in [-0.2, -0.15) is 0 Å². The molecule has 1 amide bonds. The number of methoxy groups -OCH3 is 2. The maximum atomic E-state index is 12.4. The van der Waals surface area contributed by atoms with Gasteiger partial charge in [-0.1, -0.05) is 22.8 Å². The van der Waals surface area contributed by atoms with Crippen molar-refractivity contribution in [2.24, 2.45) is 0 Å². The largest absolute Gasteiger partial charge is 0.495 e. The van der Waals surface area contributed by atoms with Gasteiger partial charge in [0, 0.05) is 17.2 Å². The van der Waals surface area contributed by atoms with Gasteiger partial charge < -0.3 is 24.1 Å². The van der Waals surface area contributed by atoms with Crippen LogP contribution >= 0.6 is 11.6 Å². The molecule has 0 saturated heterocycles. The minimum atomic E-state index is -0.303. The highest BCUT2D eigenvalue weighted by atomic mass is 35.5. The van der Waals surface area contributed by atoms with E-state index < -0.39 is 0 Å². The lowest BCUT2D eigenvalue weighted by atomic mass is 10.1. The number of aromatic nitrogens is 1. The summed E-state index contributed by atoms with van der Waals surface area (Å²) >= 11 is 6.11. The van der Waals surface area contributed by atoms with Crippen molar-refractivity contribution < 1.29 is 23.5 Å². The first-order valence-electron chi connectivity index (χ1n) is 9.88. The second-order valence-corrected chi connectivity index (χ2v) is 7.53. The molecule has 1 aromatic heterocycles. The van der Waals surface area contributed by atoms with E-state index in [1.165, 1.54) is 13.2 Å². The van der Waals surface area contributed by atoms with E-state index in [2.05, 4.69) is 10.5 Å². The van der Waals surface area contributed by atoms with Crippen LogP contribution in [-0.2, 0) is 11.4 Å². The van der Waals surface area contributed by atoms with Crippen LogP contribution in [0.2, 0.25) is 5.02 Å². The number of anilines is 1. The second-order valence-electron chi connectivity index (χ2n) is 7.13. The fourth-order valence-corrected chi connectivity index (χ4v) is 3.19. The molecule has 0 radical (unpaired) electrons. The normalized spacial score (nSPS) is 10.9. The van der Waals surface area contributed by atoms with Gasteiger partial charge in [0.05, 0.1) is 31.2 Å². The molecule has 0 aliphatic rings. The molecule has 0 spiro atoms. The zero-order chi connectivity index (χ0) is 23.3. The summed E-state index contributed by atoms with van der Waals surface area (Å²) in [6.45, 7) is 5.88. The number of nitrogens with zero attached hydrogens (tertiary/aromatic N) is 1. The molecule has 1 N–H and O–H groups in total. The Balaban J connectivity index is 1.69. The summed E-state index contributed by atoms with van der Waals surface area (Å²) in [4.78, 5) is 12.4. The summed E-state index contributed by atoms with van der Waals surface area (Å²) < 4.78 is 21.8. The number of rotatable bonds is 8. The van der Waals surface area contributed by atoms with Crippen molar-refractivity contribution in [3.8, 4) is 17.2 Å². The van der Waals surface area contributed by atoms with Crippen molar-refractivity contribution in [3.63, 3.8) is 0 Å². The van der Waals surface area contributed by atoms with Gasteiger partial charge in [-0.15, -0.1) is 0 Å². The van der Waals surface area contributed by atoms with E-state index in [0.29, 0.717) is 34.6 Å². The van der Waals surface area contributed by atoms with Crippen molar-refractivity contribution in [1.29, 1.82) is 0 Å². The fraction of sp³-hybridized carbons (Fsp3) is 0.250. The Bertz CT molecular complexity index is 1130. The smallest absolute Gasteiger partial charge is 0.248 e. The highest BCUT2D eigenvalue weighted by Gasteiger charge is 2.12. The Hall–Kier alpha value is -3.45. The number of ether oxygens (including phenoxy) is 3. The first-order chi connectivity index (χ1) is 15.3. The molecule has 3 aromatic rings. The van der Waals surface area contributed by atoms with Gasteiger partial charge in [-0.05, 0) is 56.2 Å². The van der Waals surface area contributed by atoms with Crippen LogP contribution in [0.3, 0.4) is 0 Å². The van der Waals surface area contributed by atoms with Gasteiger partial charge in [-0.3, -0.25) is 4.79 Å². The number of hydrogen-bond donors (Lipinski definition) is 1. The van der Waals surface area contributed by atoms with Gasteiger partial charge in [-0.25, -0.2) is 0 Å². The maximum absolute atomic E-state index is 12.4. The van der Waals surface area contributed by atoms with Crippen molar-refractivity contribution in [1.82, 2.24) is 5.16 Å². The number of halogens is 1. The molecule has 168 valence electrons. The summed E-state index contributed by atoms with van der Waals surface area (Å²) in [6, 6.07) is 8.85. The highest BCUT2D eigenvalue weighted by molar-refractivity contribution is 6.31. The molecule has 3 rings (SSSR count). The number of carbonyl (C=O) groups excluding carboxylic acids is 1. The first kappa shape index (κ1) is 23.2. The van der Waals surface area contributed by atoms with Crippen molar-refractivity contribution >= 4 is 29.3 Å². The van der Waals surface area contributed by atoms with E-state index in [1.807, 2.05) is 26.8 Å². The zero-order valence-corrected chi connectivity index (χ0v) is 19.4. The lowest BCUT2D eigenvalue weighted by molar-refractivity contribution is -0.111. The summed E-state index contributed by atoms with van der Waals surface area (Å²) in [6.07, 6.45) is 3.12. The van der Waals surface area contributed by atoms with Gasteiger partial charge in [0.2, 0.25) is 5.91 Å². The third-order valence-electron chi connectivity index (χ3n) is 4.91. The Morgan fingerprint density at radius 2 is 1.84 bits per heavy atom. The van der Waals surface area contributed by atoms with Crippen LogP contribution in [0.4, 0.5) is 5.69 Å². The van der Waals surface area contributed by atoms with Gasteiger partial charge >= 0.3 is 0 Å². The van der Waals surface area contributed by atoms with E-state index in [9.17, 15) is 4.79 Å². The van der Waals surface area contributed by atoms with Crippen LogP contribution in [-0.4, -0.2) is 25.3 Å². The molecular weight excluding hydrogens is 432 g/mol. The number of amides is 1. The number of benzene rings is 2. The van der Waals surface area contributed by atoms with Crippen molar-refractivity contribution in [3.05, 3.63) is 69.6 Å². The molecule has 32 heavy (non-hydrogen) atoms. The molecule has 8 heteroatoms. The van der Waals surface area contributed by atoms with Crippen LogP contribution < -0.4 is 19.5 Å². The van der Waals surface area contributed by atoms with Crippen LogP contribution in [0.1, 0.15) is 28.1 Å². The van der Waals surface area contributed by atoms with Gasteiger partial charge in [0.15, 0.2) is 11.5 Å². The predicted molar refractivity (Wildman–Crippen MR) is 124 cm³/mol. The Labute approximate surface area is 191 Å². The monoisotopic (exact) mass is 456 g/mol. The van der Waals surface area contributed by atoms with Gasteiger partial charge in [0.1, 0.15) is 18.1 Å². The SMILES string of the molecule is COc1cc(Cl)c(C)cc1NC(=O)C=Cc1ccc(OCc2c(C)noc2C)c(OC)c1. The standard InChI is InChI=1S/C24H25ClN2O5/c1-14-10-20(22(29-4)12-19(14)25)26-24(28)9-7-17-6-8-21(23(11-17)30-5)31-13-18-15(2)27-32-16(18)3/h6-12H,13H2,1-5H3,(H,26,28). The third-order valence-corrected chi connectivity index (χ3v) is 5.31. The molecule has 0 bridgehead atoms. The molecule has 0 aliphatic carbocycles. The molecule has 0 saturated carbocycles. The number of nitrogens with one attached hydrogen (secondary N) is 1. The average Bonchev–Trinajstić information content (AvgIpc) is 3.10. The highest BCUT2D eigenvalue weighted by Crippen LogP contribution is 2.32. The van der Waals surface area contributed by atoms with Crippen LogP contribution in [0.25, 0.3) is 6.08 Å². The van der Waals surface area contributed by atoms with E-state index in [0.717, 1.165) is 28.1 Å². The third kappa shape index (κ3) is 5.42. The lowest BCUT2D eigenvalue weighted by Crippen LogP contribution is -2.09. The summed E-state index contributed by atoms with van der Waals surface area (Å²) in [7, 11) is 3.08. The first-order valence-corrected chi connectivity index (χ1v) is 10.3. The number of carbonyl (C=O) groups is 1. The van der Waals surface area contributed by atoms with Crippen LogP contribution in [0.5, 0.6) is 17.2 Å². The molecule has 2 aromatic carbocycles.